The lowest BCUT2D eigenvalue weighted by Gasteiger charge is -2.10. The highest BCUT2D eigenvalue weighted by Crippen LogP contribution is 2.31. The van der Waals surface area contributed by atoms with Gasteiger partial charge in [-0.15, -0.1) is 23.4 Å². The van der Waals surface area contributed by atoms with Gasteiger partial charge in [-0.05, 0) is 34.5 Å². The highest BCUT2D eigenvalue weighted by molar-refractivity contribution is 9.10. The molecule has 4 heteroatoms. The number of hydrogen-bond donors (Lipinski definition) is 0. The van der Waals surface area contributed by atoms with Crippen LogP contribution in [0.15, 0.2) is 27.6 Å². The number of alkyl halides is 1. The van der Waals surface area contributed by atoms with Crippen LogP contribution in [0.4, 0.5) is 0 Å². The zero-order valence-electron chi connectivity index (χ0n) is 8.34. The fraction of sp³-hybridized carbons (Fsp3) is 0.364. The molecular formula is C11H11BrClNS. The third kappa shape index (κ3) is 3.71. The Bertz CT molecular complexity index is 375. The van der Waals surface area contributed by atoms with Crippen LogP contribution >= 0.6 is 39.3 Å². The average Bonchev–Trinajstić information content (AvgIpc) is 2.18. The molecule has 1 atom stereocenters. The van der Waals surface area contributed by atoms with E-state index in [0.29, 0.717) is 16.7 Å². The largest absolute Gasteiger partial charge is 0.192 e. The number of benzene rings is 1. The van der Waals surface area contributed by atoms with Crippen molar-refractivity contribution >= 4 is 39.3 Å². The fourth-order valence-electron chi connectivity index (χ4n) is 1.14. The summed E-state index contributed by atoms with van der Waals surface area (Å²) in [6.45, 7) is 2.12. The smallest absolute Gasteiger partial charge is 0.101 e. The molecule has 0 radical (unpaired) electrons. The molecule has 0 fully saturated rings. The van der Waals surface area contributed by atoms with E-state index in [0.717, 1.165) is 15.8 Å². The number of nitriles is 1. The minimum atomic E-state index is 0.434. The molecule has 0 amide bonds. The molecule has 0 N–H and O–H groups in total. The lowest BCUT2D eigenvalue weighted by atomic mass is 10.2. The van der Waals surface area contributed by atoms with Crippen LogP contribution in [-0.4, -0.2) is 11.1 Å². The van der Waals surface area contributed by atoms with Crippen molar-refractivity contribution in [1.82, 2.24) is 0 Å². The van der Waals surface area contributed by atoms with Gasteiger partial charge in [0.2, 0.25) is 0 Å². The standard InChI is InChI=1S/C11H11BrClNS/c1-8(5-6-13)15-11-4-2-3-10(12)9(11)7-14/h2-4,8H,5-6H2,1H3. The van der Waals surface area contributed by atoms with Gasteiger partial charge >= 0.3 is 0 Å². The van der Waals surface area contributed by atoms with Gasteiger partial charge in [0.25, 0.3) is 0 Å². The summed E-state index contributed by atoms with van der Waals surface area (Å²) in [5, 5.41) is 9.46. The third-order valence-electron chi connectivity index (χ3n) is 1.93. The van der Waals surface area contributed by atoms with Gasteiger partial charge in [-0.1, -0.05) is 13.0 Å². The molecule has 1 aromatic rings. The average molecular weight is 305 g/mol. The first-order valence-corrected chi connectivity index (χ1v) is 6.81. The van der Waals surface area contributed by atoms with Crippen LogP contribution in [0.1, 0.15) is 18.9 Å². The molecule has 0 aliphatic heterocycles. The first-order valence-electron chi connectivity index (χ1n) is 4.60. The minimum absolute atomic E-state index is 0.434. The van der Waals surface area contributed by atoms with Crippen LogP contribution in [0.2, 0.25) is 0 Å². The quantitative estimate of drug-likeness (QED) is 0.607. The summed E-state index contributed by atoms with van der Waals surface area (Å²) in [5.74, 6) is 0.657. The molecule has 0 aliphatic carbocycles. The van der Waals surface area contributed by atoms with E-state index in [9.17, 15) is 0 Å². The SMILES string of the molecule is CC(CCCl)Sc1cccc(Br)c1C#N. The van der Waals surface area contributed by atoms with E-state index in [1.807, 2.05) is 18.2 Å². The predicted molar refractivity (Wildman–Crippen MR) is 69.5 cm³/mol. The first kappa shape index (κ1) is 12.9. The van der Waals surface area contributed by atoms with Gasteiger partial charge in [-0.3, -0.25) is 0 Å². The van der Waals surface area contributed by atoms with E-state index >= 15 is 0 Å². The Hall–Kier alpha value is -0.170. The van der Waals surface area contributed by atoms with Gasteiger partial charge in [0.1, 0.15) is 6.07 Å². The van der Waals surface area contributed by atoms with E-state index in [-0.39, 0.29) is 0 Å². The van der Waals surface area contributed by atoms with Gasteiger partial charge in [-0.25, -0.2) is 0 Å². The summed E-state index contributed by atoms with van der Waals surface area (Å²) in [5.41, 5.74) is 0.712. The molecule has 1 nitrogen and oxygen atoms in total. The Balaban J connectivity index is 2.86. The molecular weight excluding hydrogens is 294 g/mol. The maximum Gasteiger partial charge on any atom is 0.101 e. The highest BCUT2D eigenvalue weighted by atomic mass is 79.9. The van der Waals surface area contributed by atoms with Crippen LogP contribution in [0.3, 0.4) is 0 Å². The van der Waals surface area contributed by atoms with Crippen molar-refractivity contribution < 1.29 is 0 Å². The van der Waals surface area contributed by atoms with Gasteiger partial charge in [0, 0.05) is 20.5 Å². The molecule has 1 aromatic carbocycles. The second-order valence-electron chi connectivity index (χ2n) is 3.13. The van der Waals surface area contributed by atoms with Crippen molar-refractivity contribution in [3.63, 3.8) is 0 Å². The highest BCUT2D eigenvalue weighted by Gasteiger charge is 2.10. The third-order valence-corrected chi connectivity index (χ3v) is 4.04. The summed E-state index contributed by atoms with van der Waals surface area (Å²) >= 11 is 10.8. The Morgan fingerprint density at radius 3 is 2.93 bits per heavy atom. The Morgan fingerprint density at radius 2 is 2.33 bits per heavy atom. The molecule has 1 unspecified atom stereocenters. The molecule has 80 valence electrons. The number of thioether (sulfide) groups is 1. The summed E-state index contributed by atoms with van der Waals surface area (Å²) < 4.78 is 0.855. The van der Waals surface area contributed by atoms with Crippen LogP contribution in [0, 0.1) is 11.3 Å². The van der Waals surface area contributed by atoms with Crippen molar-refractivity contribution in [3.8, 4) is 6.07 Å². The maximum absolute atomic E-state index is 9.02. The number of halogens is 2. The molecule has 15 heavy (non-hydrogen) atoms. The molecule has 0 aliphatic rings. The Labute approximate surface area is 108 Å². The summed E-state index contributed by atoms with van der Waals surface area (Å²) in [6.07, 6.45) is 0.948. The van der Waals surface area contributed by atoms with Gasteiger partial charge < -0.3 is 0 Å². The van der Waals surface area contributed by atoms with E-state index in [1.54, 1.807) is 11.8 Å². The van der Waals surface area contributed by atoms with Gasteiger partial charge in [0.15, 0.2) is 0 Å². The zero-order valence-corrected chi connectivity index (χ0v) is 11.5. The fourth-order valence-corrected chi connectivity index (χ4v) is 3.28. The van der Waals surface area contributed by atoms with Crippen molar-refractivity contribution in [2.24, 2.45) is 0 Å². The van der Waals surface area contributed by atoms with Crippen molar-refractivity contribution in [2.75, 3.05) is 5.88 Å². The molecule has 0 heterocycles. The molecule has 0 aromatic heterocycles. The van der Waals surface area contributed by atoms with Gasteiger partial charge in [-0.2, -0.15) is 5.26 Å². The van der Waals surface area contributed by atoms with Crippen LogP contribution in [0.5, 0.6) is 0 Å². The summed E-state index contributed by atoms with van der Waals surface area (Å²) in [7, 11) is 0. The van der Waals surface area contributed by atoms with E-state index in [2.05, 4.69) is 28.9 Å². The number of hydrogen-bond acceptors (Lipinski definition) is 2. The van der Waals surface area contributed by atoms with Crippen molar-refractivity contribution in [1.29, 1.82) is 5.26 Å². The summed E-state index contributed by atoms with van der Waals surface area (Å²) in [4.78, 5) is 1.02. The monoisotopic (exact) mass is 303 g/mol. The lowest BCUT2D eigenvalue weighted by Crippen LogP contribution is -1.97. The predicted octanol–water partition coefficient (Wildman–Crippen LogP) is 4.43. The second kappa shape index (κ2) is 6.42. The van der Waals surface area contributed by atoms with Crippen LogP contribution < -0.4 is 0 Å². The normalized spacial score (nSPS) is 12.1. The number of nitrogens with zero attached hydrogens (tertiary/aromatic N) is 1. The van der Waals surface area contributed by atoms with Gasteiger partial charge in [0.05, 0.1) is 5.56 Å². The molecule has 0 spiro atoms. The van der Waals surface area contributed by atoms with E-state index < -0.39 is 0 Å². The van der Waals surface area contributed by atoms with E-state index in [4.69, 9.17) is 16.9 Å². The Morgan fingerprint density at radius 1 is 1.60 bits per heavy atom. The molecule has 0 bridgehead atoms. The van der Waals surface area contributed by atoms with Crippen molar-refractivity contribution in [3.05, 3.63) is 28.2 Å². The second-order valence-corrected chi connectivity index (χ2v) is 5.84. The minimum Gasteiger partial charge on any atom is -0.192 e. The lowest BCUT2D eigenvalue weighted by molar-refractivity contribution is 0.912. The van der Waals surface area contributed by atoms with E-state index in [1.165, 1.54) is 0 Å². The van der Waals surface area contributed by atoms with Crippen LogP contribution in [0.25, 0.3) is 0 Å². The van der Waals surface area contributed by atoms with Crippen LogP contribution in [-0.2, 0) is 0 Å². The Kier molecular flexibility index (Phi) is 5.52. The maximum atomic E-state index is 9.02. The molecule has 0 saturated carbocycles. The zero-order chi connectivity index (χ0) is 11.3. The molecule has 0 saturated heterocycles. The summed E-state index contributed by atoms with van der Waals surface area (Å²) in [6, 6.07) is 8.01. The van der Waals surface area contributed by atoms with Crippen molar-refractivity contribution in [2.45, 2.75) is 23.5 Å². The molecule has 1 rings (SSSR count). The topological polar surface area (TPSA) is 23.8 Å². The number of rotatable bonds is 4. The first-order chi connectivity index (χ1) is 7.19.